The number of nitrogens with zero attached hydrogens (tertiary/aromatic N) is 1. The van der Waals surface area contributed by atoms with Crippen LogP contribution in [0, 0.1) is 0 Å². The molecule has 0 aliphatic carbocycles. The van der Waals surface area contributed by atoms with Crippen LogP contribution in [0.3, 0.4) is 0 Å². The molecule has 2 amide bonds. The van der Waals surface area contributed by atoms with Crippen molar-refractivity contribution in [2.75, 3.05) is 18.9 Å². The lowest BCUT2D eigenvalue weighted by molar-refractivity contribution is 0.0698. The fourth-order valence-corrected chi connectivity index (χ4v) is 2.01. The van der Waals surface area contributed by atoms with Crippen molar-refractivity contribution in [2.24, 2.45) is 0 Å². The fourth-order valence-electron chi connectivity index (χ4n) is 1.24. The van der Waals surface area contributed by atoms with Crippen LogP contribution in [0.15, 0.2) is 23.6 Å². The average Bonchev–Trinajstić information content (AvgIpc) is 2.64. The number of likely N-dealkylation sites (N-methyl/N-ethyl adjacent to an activating group) is 1. The molecule has 0 aliphatic rings. The number of nitrogens with one attached hydrogen (secondary N) is 1. The molecule has 0 aromatic carbocycles. The summed E-state index contributed by atoms with van der Waals surface area (Å²) in [6.07, 6.45) is 0. The molecule has 0 atom stereocenters. The van der Waals surface area contributed by atoms with E-state index in [4.69, 9.17) is 5.11 Å². The van der Waals surface area contributed by atoms with E-state index in [1.165, 1.54) is 22.3 Å². The Balaban J connectivity index is 2.71. The first-order chi connectivity index (χ1) is 7.91. The molecule has 5 nitrogen and oxygen atoms in total. The molecule has 0 bridgehead atoms. The van der Waals surface area contributed by atoms with Crippen LogP contribution in [0.4, 0.5) is 9.80 Å². The van der Waals surface area contributed by atoms with E-state index >= 15 is 0 Å². The average molecular weight is 254 g/mol. The summed E-state index contributed by atoms with van der Waals surface area (Å²) >= 11 is 1.18. The van der Waals surface area contributed by atoms with Crippen molar-refractivity contribution in [2.45, 2.75) is 6.92 Å². The number of urea groups is 1. The number of amides is 2. The topological polar surface area (TPSA) is 69.6 Å². The van der Waals surface area contributed by atoms with Crippen molar-refractivity contribution in [1.82, 2.24) is 4.90 Å². The van der Waals surface area contributed by atoms with Gasteiger partial charge < -0.3 is 10.0 Å². The zero-order valence-corrected chi connectivity index (χ0v) is 10.5. The zero-order valence-electron chi connectivity index (χ0n) is 9.69. The quantitative estimate of drug-likeness (QED) is 0.811. The smallest absolute Gasteiger partial charge is 0.338 e. The molecule has 0 saturated heterocycles. The monoisotopic (exact) mass is 254 g/mol. The first-order valence-electron chi connectivity index (χ1n) is 4.89. The van der Waals surface area contributed by atoms with Gasteiger partial charge in [-0.2, -0.15) is 0 Å². The highest BCUT2D eigenvalue weighted by Gasteiger charge is 2.15. The molecule has 1 aromatic heterocycles. The lowest BCUT2D eigenvalue weighted by Crippen LogP contribution is -2.32. The number of hydrogen-bond acceptors (Lipinski definition) is 3. The van der Waals surface area contributed by atoms with Gasteiger partial charge in [0.2, 0.25) is 0 Å². The molecule has 0 fully saturated rings. The van der Waals surface area contributed by atoms with E-state index in [0.29, 0.717) is 11.5 Å². The first-order valence-corrected chi connectivity index (χ1v) is 5.77. The Labute approximate surface area is 103 Å². The summed E-state index contributed by atoms with van der Waals surface area (Å²) in [6, 6.07) is 1.11. The number of rotatable bonds is 4. The van der Waals surface area contributed by atoms with Crippen molar-refractivity contribution in [1.29, 1.82) is 0 Å². The zero-order chi connectivity index (χ0) is 13.0. The minimum absolute atomic E-state index is 0.104. The molecule has 6 heteroatoms. The van der Waals surface area contributed by atoms with Crippen LogP contribution in [0.2, 0.25) is 0 Å². The Kier molecular flexibility index (Phi) is 4.28. The van der Waals surface area contributed by atoms with Gasteiger partial charge in [0.1, 0.15) is 5.00 Å². The summed E-state index contributed by atoms with van der Waals surface area (Å²) in [5.41, 5.74) is 0.958. The lowest BCUT2D eigenvalue weighted by Gasteiger charge is -2.17. The van der Waals surface area contributed by atoms with Gasteiger partial charge in [-0.1, -0.05) is 12.2 Å². The van der Waals surface area contributed by atoms with E-state index in [1.54, 1.807) is 12.4 Å². The highest BCUT2D eigenvalue weighted by atomic mass is 32.1. The van der Waals surface area contributed by atoms with Gasteiger partial charge in [0.25, 0.3) is 0 Å². The summed E-state index contributed by atoms with van der Waals surface area (Å²) in [5.74, 6) is -1.05. The number of carbonyl (C=O) groups excluding carboxylic acids is 1. The summed E-state index contributed by atoms with van der Waals surface area (Å²) in [6.45, 7) is 5.95. The van der Waals surface area contributed by atoms with E-state index < -0.39 is 5.97 Å². The van der Waals surface area contributed by atoms with Crippen molar-refractivity contribution in [3.8, 4) is 0 Å². The maximum Gasteiger partial charge on any atom is 0.338 e. The normalized spacial score (nSPS) is 9.76. The largest absolute Gasteiger partial charge is 0.478 e. The number of carbonyl (C=O) groups is 2. The van der Waals surface area contributed by atoms with Crippen molar-refractivity contribution in [3.05, 3.63) is 29.2 Å². The lowest BCUT2D eigenvalue weighted by atomic mass is 10.3. The molecular formula is C11H14N2O3S. The first kappa shape index (κ1) is 13.2. The number of anilines is 1. The molecule has 0 spiro atoms. The molecular weight excluding hydrogens is 240 g/mol. The number of aromatic carboxylic acids is 1. The predicted molar refractivity (Wildman–Crippen MR) is 67.7 cm³/mol. The Morgan fingerprint density at radius 2 is 2.24 bits per heavy atom. The van der Waals surface area contributed by atoms with Crippen molar-refractivity contribution in [3.63, 3.8) is 0 Å². The van der Waals surface area contributed by atoms with Gasteiger partial charge >= 0.3 is 12.0 Å². The van der Waals surface area contributed by atoms with E-state index in [2.05, 4.69) is 11.9 Å². The molecule has 0 aliphatic heterocycles. The molecule has 0 unspecified atom stereocenters. The van der Waals surface area contributed by atoms with Crippen LogP contribution in [-0.4, -0.2) is 35.6 Å². The van der Waals surface area contributed by atoms with Crippen LogP contribution in [0.1, 0.15) is 17.3 Å². The maximum absolute atomic E-state index is 11.7. The summed E-state index contributed by atoms with van der Waals surface area (Å²) in [7, 11) is 1.62. The number of carboxylic acids is 1. The third-order valence-electron chi connectivity index (χ3n) is 1.97. The second-order valence-electron chi connectivity index (χ2n) is 3.71. The molecule has 92 valence electrons. The number of carboxylic acid groups (broad SMARTS) is 1. The summed E-state index contributed by atoms with van der Waals surface area (Å²) in [4.78, 5) is 24.0. The molecule has 0 radical (unpaired) electrons. The van der Waals surface area contributed by atoms with E-state index in [0.717, 1.165) is 5.57 Å². The Morgan fingerprint density at radius 3 is 2.76 bits per heavy atom. The van der Waals surface area contributed by atoms with E-state index in [9.17, 15) is 9.59 Å². The molecule has 1 rings (SSSR count). The Hall–Kier alpha value is -1.82. The maximum atomic E-state index is 11.7. The van der Waals surface area contributed by atoms with Crippen molar-refractivity contribution >= 4 is 28.3 Å². The van der Waals surface area contributed by atoms with Crippen LogP contribution in [0.25, 0.3) is 0 Å². The van der Waals surface area contributed by atoms with Gasteiger partial charge in [-0.15, -0.1) is 11.3 Å². The highest BCUT2D eigenvalue weighted by molar-refractivity contribution is 7.14. The van der Waals surface area contributed by atoms with E-state index in [1.807, 2.05) is 6.92 Å². The molecule has 17 heavy (non-hydrogen) atoms. The highest BCUT2D eigenvalue weighted by Crippen LogP contribution is 2.23. The van der Waals surface area contributed by atoms with Crippen LogP contribution >= 0.6 is 11.3 Å². The SMILES string of the molecule is C=C(C)CN(C)C(=O)Nc1sccc1C(=O)O. The minimum Gasteiger partial charge on any atom is -0.478 e. The summed E-state index contributed by atoms with van der Waals surface area (Å²) in [5, 5.41) is 13.4. The summed E-state index contributed by atoms with van der Waals surface area (Å²) < 4.78 is 0. The number of thiophene rings is 1. The standard InChI is InChI=1S/C11H14N2O3S/c1-7(2)6-13(3)11(16)12-9-8(10(14)15)4-5-17-9/h4-5H,1,6H2,2-3H3,(H,12,16)(H,14,15). The third kappa shape index (κ3) is 3.60. The van der Waals surface area contributed by atoms with Gasteiger partial charge in [-0.25, -0.2) is 9.59 Å². The van der Waals surface area contributed by atoms with Crippen molar-refractivity contribution < 1.29 is 14.7 Å². The van der Waals surface area contributed by atoms with Gasteiger partial charge in [-0.3, -0.25) is 5.32 Å². The van der Waals surface area contributed by atoms with Gasteiger partial charge in [0, 0.05) is 13.6 Å². The Bertz CT molecular complexity index is 453. The molecule has 1 heterocycles. The van der Waals surface area contributed by atoms with Gasteiger partial charge in [-0.05, 0) is 18.4 Å². The second kappa shape index (κ2) is 5.49. The second-order valence-corrected chi connectivity index (χ2v) is 4.63. The van der Waals surface area contributed by atoms with Crippen LogP contribution < -0.4 is 5.32 Å². The molecule has 1 aromatic rings. The predicted octanol–water partition coefficient (Wildman–Crippen LogP) is 2.49. The molecule has 0 saturated carbocycles. The van der Waals surface area contributed by atoms with Gasteiger partial charge in [0.15, 0.2) is 0 Å². The van der Waals surface area contributed by atoms with Gasteiger partial charge in [0.05, 0.1) is 5.56 Å². The van der Waals surface area contributed by atoms with Crippen LogP contribution in [0.5, 0.6) is 0 Å². The molecule has 2 N–H and O–H groups in total. The minimum atomic E-state index is -1.05. The third-order valence-corrected chi connectivity index (χ3v) is 2.80. The van der Waals surface area contributed by atoms with E-state index in [-0.39, 0.29) is 11.6 Å². The fraction of sp³-hybridized carbons (Fsp3) is 0.273. The van der Waals surface area contributed by atoms with Crippen LogP contribution in [-0.2, 0) is 0 Å². The Morgan fingerprint density at radius 1 is 1.59 bits per heavy atom. The number of hydrogen-bond donors (Lipinski definition) is 2.